The standard InChI is InChI=1S/C15H16N2O4/c1-3-5-6-10-9(4-2)14(20)17(15(10)21)11-7-8-12(18)16-13(11)19/h3-6,11H,7-8H2,1-2H3,(H,16,18,19)/b5-3-,9-4+,10-6+. The highest BCUT2D eigenvalue weighted by molar-refractivity contribution is 6.26. The Bertz CT molecular complexity index is 613. The van der Waals surface area contributed by atoms with Gasteiger partial charge in [-0.1, -0.05) is 18.2 Å². The smallest absolute Gasteiger partial charge is 0.262 e. The number of piperidine rings is 1. The third-order valence-electron chi connectivity index (χ3n) is 3.45. The van der Waals surface area contributed by atoms with Gasteiger partial charge < -0.3 is 0 Å². The van der Waals surface area contributed by atoms with Crippen LogP contribution in [0.1, 0.15) is 26.7 Å². The highest BCUT2D eigenvalue weighted by atomic mass is 16.2. The van der Waals surface area contributed by atoms with E-state index >= 15 is 0 Å². The molecule has 2 heterocycles. The summed E-state index contributed by atoms with van der Waals surface area (Å²) < 4.78 is 0. The zero-order valence-corrected chi connectivity index (χ0v) is 11.9. The number of hydrogen-bond acceptors (Lipinski definition) is 4. The molecule has 0 aromatic rings. The minimum atomic E-state index is -0.922. The SMILES string of the molecule is C\C=C/C=C1/C(=O)N(C2CCC(=O)NC2=O)C(=O)/C1=C/C. The van der Waals surface area contributed by atoms with E-state index in [0.29, 0.717) is 0 Å². The molecule has 4 amide bonds. The predicted octanol–water partition coefficient (Wildman–Crippen LogP) is 0.609. The second-order valence-corrected chi connectivity index (χ2v) is 4.76. The number of nitrogens with zero attached hydrogens (tertiary/aromatic N) is 1. The molecule has 0 spiro atoms. The molecule has 0 saturated carbocycles. The molecule has 1 N–H and O–H groups in total. The van der Waals surface area contributed by atoms with Crippen LogP contribution < -0.4 is 5.32 Å². The largest absolute Gasteiger partial charge is 0.295 e. The van der Waals surface area contributed by atoms with Crippen LogP contribution in [0.5, 0.6) is 0 Å². The van der Waals surface area contributed by atoms with E-state index in [-0.39, 0.29) is 29.9 Å². The van der Waals surface area contributed by atoms with E-state index in [1.54, 1.807) is 38.2 Å². The lowest BCUT2D eigenvalue weighted by atomic mass is 10.0. The van der Waals surface area contributed by atoms with Crippen molar-refractivity contribution in [3.63, 3.8) is 0 Å². The summed E-state index contributed by atoms with van der Waals surface area (Å²) in [5.41, 5.74) is 0.549. The van der Waals surface area contributed by atoms with Gasteiger partial charge in [0.25, 0.3) is 11.8 Å². The van der Waals surface area contributed by atoms with Gasteiger partial charge in [0.2, 0.25) is 11.8 Å². The molecule has 110 valence electrons. The number of likely N-dealkylation sites (tertiary alicyclic amines) is 1. The van der Waals surface area contributed by atoms with Crippen LogP contribution in [0.4, 0.5) is 0 Å². The van der Waals surface area contributed by atoms with Crippen molar-refractivity contribution in [2.45, 2.75) is 32.7 Å². The quantitative estimate of drug-likeness (QED) is 0.596. The second-order valence-electron chi connectivity index (χ2n) is 4.76. The van der Waals surface area contributed by atoms with Crippen molar-refractivity contribution in [3.05, 3.63) is 35.5 Å². The summed E-state index contributed by atoms with van der Waals surface area (Å²) in [5, 5.41) is 2.16. The number of imide groups is 2. The first-order valence-corrected chi connectivity index (χ1v) is 6.72. The molecule has 0 aromatic heterocycles. The fraction of sp³-hybridized carbons (Fsp3) is 0.333. The third kappa shape index (κ3) is 2.56. The number of rotatable bonds is 2. The van der Waals surface area contributed by atoms with Crippen LogP contribution in [0.2, 0.25) is 0 Å². The van der Waals surface area contributed by atoms with E-state index < -0.39 is 23.8 Å². The Morgan fingerprint density at radius 1 is 1.10 bits per heavy atom. The molecule has 2 aliphatic heterocycles. The van der Waals surface area contributed by atoms with Gasteiger partial charge in [-0.15, -0.1) is 0 Å². The van der Waals surface area contributed by atoms with Crippen molar-refractivity contribution < 1.29 is 19.2 Å². The van der Waals surface area contributed by atoms with Gasteiger partial charge in [-0.3, -0.25) is 29.4 Å². The van der Waals surface area contributed by atoms with Gasteiger partial charge in [-0.2, -0.15) is 0 Å². The zero-order chi connectivity index (χ0) is 15.6. The monoisotopic (exact) mass is 288 g/mol. The summed E-state index contributed by atoms with van der Waals surface area (Å²) in [5.74, 6) is -1.98. The first-order valence-electron chi connectivity index (χ1n) is 6.72. The highest BCUT2D eigenvalue weighted by Crippen LogP contribution is 2.29. The molecule has 2 aliphatic rings. The first-order chi connectivity index (χ1) is 10.0. The predicted molar refractivity (Wildman–Crippen MR) is 74.7 cm³/mol. The van der Waals surface area contributed by atoms with Crippen LogP contribution in [0, 0.1) is 0 Å². The fourth-order valence-electron chi connectivity index (χ4n) is 2.43. The molecule has 0 aliphatic carbocycles. The van der Waals surface area contributed by atoms with Crippen molar-refractivity contribution in [1.82, 2.24) is 10.2 Å². The molecule has 21 heavy (non-hydrogen) atoms. The molecular weight excluding hydrogens is 272 g/mol. The molecule has 2 rings (SSSR count). The summed E-state index contributed by atoms with van der Waals surface area (Å²) in [6.07, 6.45) is 6.80. The summed E-state index contributed by atoms with van der Waals surface area (Å²) in [6, 6.07) is -0.922. The first kappa shape index (κ1) is 14.9. The summed E-state index contributed by atoms with van der Waals surface area (Å²) in [6.45, 7) is 3.46. The minimum Gasteiger partial charge on any atom is -0.295 e. The van der Waals surface area contributed by atoms with Gasteiger partial charge in [-0.25, -0.2) is 0 Å². The van der Waals surface area contributed by atoms with Crippen LogP contribution in [0.3, 0.4) is 0 Å². The van der Waals surface area contributed by atoms with Crippen molar-refractivity contribution in [2.24, 2.45) is 0 Å². The Kier molecular flexibility index (Phi) is 4.16. The van der Waals surface area contributed by atoms with Crippen molar-refractivity contribution in [2.75, 3.05) is 0 Å². The van der Waals surface area contributed by atoms with E-state index in [0.717, 1.165) is 4.90 Å². The molecule has 0 aromatic carbocycles. The molecule has 2 fully saturated rings. The van der Waals surface area contributed by atoms with Gasteiger partial charge in [0.15, 0.2) is 0 Å². The maximum absolute atomic E-state index is 12.4. The van der Waals surface area contributed by atoms with Crippen LogP contribution in [-0.4, -0.2) is 34.6 Å². The van der Waals surface area contributed by atoms with E-state index in [1.165, 1.54) is 0 Å². The average molecular weight is 288 g/mol. The molecule has 0 radical (unpaired) electrons. The van der Waals surface area contributed by atoms with E-state index in [9.17, 15) is 19.2 Å². The van der Waals surface area contributed by atoms with Gasteiger partial charge in [0.05, 0.1) is 5.57 Å². The molecule has 6 nitrogen and oxygen atoms in total. The molecule has 6 heteroatoms. The number of carbonyl (C=O) groups is 4. The average Bonchev–Trinajstić information content (AvgIpc) is 2.68. The maximum Gasteiger partial charge on any atom is 0.262 e. The van der Waals surface area contributed by atoms with Gasteiger partial charge in [-0.05, 0) is 26.3 Å². The normalized spacial score (nSPS) is 27.3. The molecule has 1 atom stereocenters. The summed E-state index contributed by atoms with van der Waals surface area (Å²) in [7, 11) is 0. The van der Waals surface area contributed by atoms with Crippen LogP contribution in [0.25, 0.3) is 0 Å². The van der Waals surface area contributed by atoms with E-state index in [1.807, 2.05) is 0 Å². The Balaban J connectivity index is 2.37. The molecule has 2 saturated heterocycles. The highest BCUT2D eigenvalue weighted by Gasteiger charge is 2.45. The maximum atomic E-state index is 12.4. The van der Waals surface area contributed by atoms with Gasteiger partial charge in [0, 0.05) is 12.0 Å². The number of carbonyl (C=O) groups excluding carboxylic acids is 4. The topological polar surface area (TPSA) is 83.6 Å². The Hall–Kier alpha value is -2.50. The molecule has 0 bridgehead atoms. The summed E-state index contributed by atoms with van der Waals surface area (Å²) >= 11 is 0. The fourth-order valence-corrected chi connectivity index (χ4v) is 2.43. The minimum absolute atomic E-state index is 0.118. The van der Waals surface area contributed by atoms with Gasteiger partial charge in [0.1, 0.15) is 6.04 Å². The van der Waals surface area contributed by atoms with Crippen molar-refractivity contribution in [3.8, 4) is 0 Å². The Morgan fingerprint density at radius 2 is 1.76 bits per heavy atom. The number of allylic oxidation sites excluding steroid dienone is 4. The number of hydrogen-bond donors (Lipinski definition) is 1. The lowest BCUT2D eigenvalue weighted by molar-refractivity contribution is -0.149. The lowest BCUT2D eigenvalue weighted by Gasteiger charge is -2.27. The Morgan fingerprint density at radius 3 is 2.33 bits per heavy atom. The van der Waals surface area contributed by atoms with Gasteiger partial charge >= 0.3 is 0 Å². The second kappa shape index (κ2) is 5.87. The van der Waals surface area contributed by atoms with Crippen molar-refractivity contribution in [1.29, 1.82) is 0 Å². The zero-order valence-electron chi connectivity index (χ0n) is 11.9. The van der Waals surface area contributed by atoms with Crippen LogP contribution >= 0.6 is 0 Å². The lowest BCUT2D eigenvalue weighted by Crippen LogP contribution is -2.54. The van der Waals surface area contributed by atoms with E-state index in [4.69, 9.17) is 0 Å². The Labute approximate surface area is 122 Å². The molecule has 1 unspecified atom stereocenters. The van der Waals surface area contributed by atoms with E-state index in [2.05, 4.69) is 5.32 Å². The third-order valence-corrected chi connectivity index (χ3v) is 3.45. The summed E-state index contributed by atoms with van der Waals surface area (Å²) in [4.78, 5) is 48.8. The van der Waals surface area contributed by atoms with Crippen LogP contribution in [-0.2, 0) is 19.2 Å². The van der Waals surface area contributed by atoms with Crippen LogP contribution in [0.15, 0.2) is 35.5 Å². The van der Waals surface area contributed by atoms with Crippen molar-refractivity contribution >= 4 is 23.6 Å². The molecular formula is C15H16N2O4. The number of amides is 4. The number of nitrogens with one attached hydrogen (secondary N) is 1.